The maximum absolute atomic E-state index is 5.45. The monoisotopic (exact) mass is 178 g/mol. The maximum Gasteiger partial charge on any atom is 0.144 e. The molecule has 1 aromatic rings. The van der Waals surface area contributed by atoms with Gasteiger partial charge in [-0.25, -0.2) is 0 Å². The molecule has 0 saturated carbocycles. The molecule has 1 aromatic heterocycles. The van der Waals surface area contributed by atoms with Crippen molar-refractivity contribution in [3.05, 3.63) is 17.6 Å². The third-order valence-corrected chi connectivity index (χ3v) is 1.11. The van der Waals surface area contributed by atoms with E-state index in [4.69, 9.17) is 7.85 Å². The van der Waals surface area contributed by atoms with E-state index in [0.717, 1.165) is 11.4 Å². The second kappa shape index (κ2) is 9.23. The van der Waals surface area contributed by atoms with Crippen molar-refractivity contribution in [1.82, 2.24) is 9.97 Å². The highest BCUT2D eigenvalue weighted by Crippen LogP contribution is 1.86. The van der Waals surface area contributed by atoms with Crippen LogP contribution < -0.4 is 5.59 Å². The molecule has 0 amide bonds. The summed E-state index contributed by atoms with van der Waals surface area (Å²) in [7, 11) is 5.45. The van der Waals surface area contributed by atoms with Gasteiger partial charge in [0.05, 0.1) is 5.69 Å². The number of rotatable bonds is 0. The molecule has 0 aliphatic carbocycles. The van der Waals surface area contributed by atoms with Gasteiger partial charge in [-0.3, -0.25) is 9.97 Å². The highest BCUT2D eigenvalue weighted by Gasteiger charge is 1.91. The van der Waals surface area contributed by atoms with Crippen molar-refractivity contribution in [2.24, 2.45) is 0 Å². The van der Waals surface area contributed by atoms with Gasteiger partial charge in [0.1, 0.15) is 7.85 Å². The molecular formula is C10H19BN2. The fourth-order valence-electron chi connectivity index (χ4n) is 0.556. The van der Waals surface area contributed by atoms with Gasteiger partial charge >= 0.3 is 0 Å². The average Bonchev–Trinajstić information content (AvgIpc) is 2.18. The van der Waals surface area contributed by atoms with Gasteiger partial charge in [-0.15, -0.1) is 0 Å². The van der Waals surface area contributed by atoms with Crippen LogP contribution in [0.3, 0.4) is 0 Å². The Morgan fingerprint density at radius 3 is 1.85 bits per heavy atom. The number of hydrogen-bond donors (Lipinski definition) is 0. The van der Waals surface area contributed by atoms with Crippen LogP contribution in [0.1, 0.15) is 39.1 Å². The Bertz CT molecular complexity index is 224. The number of hydrogen-bond acceptors (Lipinski definition) is 2. The van der Waals surface area contributed by atoms with Crippen molar-refractivity contribution < 1.29 is 0 Å². The summed E-state index contributed by atoms with van der Waals surface area (Å²) in [6, 6.07) is 0. The smallest absolute Gasteiger partial charge is 0.144 e. The molecule has 72 valence electrons. The van der Waals surface area contributed by atoms with Gasteiger partial charge in [0, 0.05) is 17.5 Å². The van der Waals surface area contributed by atoms with E-state index in [1.54, 1.807) is 6.20 Å². The first-order chi connectivity index (χ1) is 6.20. The highest BCUT2D eigenvalue weighted by atomic mass is 14.8. The van der Waals surface area contributed by atoms with Gasteiger partial charge in [0.2, 0.25) is 0 Å². The minimum absolute atomic E-state index is 0.523. The van der Waals surface area contributed by atoms with Crippen LogP contribution in [0.25, 0.3) is 0 Å². The van der Waals surface area contributed by atoms with Crippen LogP contribution in [0.4, 0.5) is 0 Å². The SMILES string of the molecule is CC.CC.[B]c1nc(C)cnc1C. The molecule has 3 heteroatoms. The lowest BCUT2D eigenvalue weighted by molar-refractivity contribution is 1.10. The Hall–Kier alpha value is -0.855. The average molecular weight is 178 g/mol. The van der Waals surface area contributed by atoms with Crippen molar-refractivity contribution >= 4 is 13.4 Å². The van der Waals surface area contributed by atoms with Crippen molar-refractivity contribution in [3.63, 3.8) is 0 Å². The summed E-state index contributed by atoms with van der Waals surface area (Å²) in [5.74, 6) is 0. The second-order valence-electron chi connectivity index (χ2n) is 1.98. The van der Waals surface area contributed by atoms with E-state index in [1.807, 2.05) is 41.5 Å². The molecule has 0 fully saturated rings. The molecule has 0 aromatic carbocycles. The van der Waals surface area contributed by atoms with E-state index in [2.05, 4.69) is 9.97 Å². The Morgan fingerprint density at radius 1 is 1.08 bits per heavy atom. The summed E-state index contributed by atoms with van der Waals surface area (Å²) in [4.78, 5) is 7.98. The van der Waals surface area contributed by atoms with Crippen LogP contribution in [0.2, 0.25) is 0 Å². The molecule has 1 rings (SSSR count). The Balaban J connectivity index is 0. The van der Waals surface area contributed by atoms with Crippen LogP contribution in [0, 0.1) is 13.8 Å². The van der Waals surface area contributed by atoms with Gasteiger partial charge in [-0.1, -0.05) is 27.7 Å². The molecule has 0 aliphatic rings. The van der Waals surface area contributed by atoms with Crippen LogP contribution in [-0.4, -0.2) is 17.8 Å². The Labute approximate surface area is 83.2 Å². The van der Waals surface area contributed by atoms with Gasteiger partial charge < -0.3 is 0 Å². The Morgan fingerprint density at radius 2 is 1.54 bits per heavy atom. The molecule has 0 bridgehead atoms. The van der Waals surface area contributed by atoms with E-state index >= 15 is 0 Å². The third-order valence-electron chi connectivity index (χ3n) is 1.11. The quantitative estimate of drug-likeness (QED) is 0.567. The maximum atomic E-state index is 5.45. The van der Waals surface area contributed by atoms with Crippen molar-refractivity contribution in [3.8, 4) is 0 Å². The Kier molecular flexibility index (Phi) is 10.4. The van der Waals surface area contributed by atoms with E-state index in [1.165, 1.54) is 0 Å². The van der Waals surface area contributed by atoms with Crippen molar-refractivity contribution in [1.29, 1.82) is 0 Å². The molecule has 2 nitrogen and oxygen atoms in total. The minimum Gasteiger partial charge on any atom is -0.266 e. The van der Waals surface area contributed by atoms with E-state index < -0.39 is 0 Å². The lowest BCUT2D eigenvalue weighted by Crippen LogP contribution is -2.14. The highest BCUT2D eigenvalue weighted by molar-refractivity contribution is 6.31. The summed E-state index contributed by atoms with van der Waals surface area (Å²) in [5, 5.41) is 0. The van der Waals surface area contributed by atoms with Crippen molar-refractivity contribution in [2.75, 3.05) is 0 Å². The third kappa shape index (κ3) is 6.32. The molecule has 0 N–H and O–H groups in total. The minimum atomic E-state index is 0.523. The van der Waals surface area contributed by atoms with E-state index in [-0.39, 0.29) is 0 Å². The van der Waals surface area contributed by atoms with Crippen LogP contribution >= 0.6 is 0 Å². The fourth-order valence-corrected chi connectivity index (χ4v) is 0.556. The molecule has 0 atom stereocenters. The van der Waals surface area contributed by atoms with Gasteiger partial charge in [-0.2, -0.15) is 0 Å². The summed E-state index contributed by atoms with van der Waals surface area (Å²) in [5.41, 5.74) is 2.17. The standard InChI is InChI=1S/C6H7BN2.2C2H6/c1-4-3-8-5(2)6(7)9-4;2*1-2/h3H,1-2H3;2*1-2H3. The summed E-state index contributed by atoms with van der Waals surface area (Å²) < 4.78 is 0. The van der Waals surface area contributed by atoms with E-state index in [9.17, 15) is 0 Å². The summed E-state index contributed by atoms with van der Waals surface area (Å²) in [6.45, 7) is 11.7. The molecule has 0 unspecified atom stereocenters. The predicted molar refractivity (Wildman–Crippen MR) is 59.6 cm³/mol. The zero-order valence-corrected chi connectivity index (χ0v) is 9.55. The topological polar surface area (TPSA) is 25.8 Å². The zero-order valence-electron chi connectivity index (χ0n) is 9.55. The molecule has 0 aliphatic heterocycles. The molecule has 13 heavy (non-hydrogen) atoms. The van der Waals surface area contributed by atoms with Gasteiger partial charge in [0.15, 0.2) is 0 Å². The number of aromatic nitrogens is 2. The molecule has 1 heterocycles. The van der Waals surface area contributed by atoms with Crippen LogP contribution in [-0.2, 0) is 0 Å². The summed E-state index contributed by atoms with van der Waals surface area (Å²) in [6.07, 6.45) is 1.70. The van der Waals surface area contributed by atoms with Gasteiger partial charge in [0.25, 0.3) is 0 Å². The molecular weight excluding hydrogens is 159 g/mol. The molecule has 0 spiro atoms. The molecule has 2 radical (unpaired) electrons. The first-order valence-electron chi connectivity index (χ1n) is 4.76. The lowest BCUT2D eigenvalue weighted by Gasteiger charge is -1.97. The number of nitrogens with zero attached hydrogens (tertiary/aromatic N) is 2. The second-order valence-corrected chi connectivity index (χ2v) is 1.98. The number of aryl methyl sites for hydroxylation is 2. The fraction of sp³-hybridized carbons (Fsp3) is 0.600. The van der Waals surface area contributed by atoms with Crippen LogP contribution in [0.15, 0.2) is 6.20 Å². The normalized spacial score (nSPS) is 7.54. The van der Waals surface area contributed by atoms with E-state index in [0.29, 0.717) is 5.59 Å². The predicted octanol–water partition coefficient (Wildman–Crippen LogP) is 1.94. The largest absolute Gasteiger partial charge is 0.266 e. The first kappa shape index (κ1) is 14.7. The first-order valence-corrected chi connectivity index (χ1v) is 4.76. The molecule has 0 saturated heterocycles. The summed E-state index contributed by atoms with van der Waals surface area (Å²) >= 11 is 0. The lowest BCUT2D eigenvalue weighted by atomic mass is 10.0. The van der Waals surface area contributed by atoms with Gasteiger partial charge in [-0.05, 0) is 13.8 Å². The van der Waals surface area contributed by atoms with Crippen LogP contribution in [0.5, 0.6) is 0 Å². The van der Waals surface area contributed by atoms with Crippen molar-refractivity contribution in [2.45, 2.75) is 41.5 Å². The zero-order chi connectivity index (χ0) is 10.9.